The summed E-state index contributed by atoms with van der Waals surface area (Å²) >= 11 is 12.7. The van der Waals surface area contributed by atoms with Gasteiger partial charge in [-0.25, -0.2) is 4.79 Å². The van der Waals surface area contributed by atoms with Crippen LogP contribution < -0.4 is 10.6 Å². The molecule has 2 aromatic heterocycles. The van der Waals surface area contributed by atoms with Crippen LogP contribution in [0.25, 0.3) is 22.9 Å². The molecule has 11 nitrogen and oxygen atoms in total. The van der Waals surface area contributed by atoms with Gasteiger partial charge in [-0.2, -0.15) is 9.78 Å². The fourth-order valence-corrected chi connectivity index (χ4v) is 4.65. The van der Waals surface area contributed by atoms with E-state index in [1.807, 2.05) is 30.3 Å². The standard InChI is InChI=1S/C30H24Cl2N8O3/c1-43-30(42)34-23-11-7-20(8-12-23)24-17-26(36-37-29(24)32)25(15-19-5-3-2-4-6-19)35-28(41)14-9-21-16-22(31)10-13-27(21)40-18-33-38-39-40/h2-14,16-18,25H,15H2,1H3,(H,34,42)(H,35,41)/b14-9+. The topological polar surface area (TPSA) is 137 Å². The molecule has 0 aliphatic heterocycles. The molecule has 3 aromatic carbocycles. The molecule has 1 unspecified atom stereocenters. The number of carbonyl (C=O) groups is 2. The predicted octanol–water partition coefficient (Wildman–Crippen LogP) is 5.72. The van der Waals surface area contributed by atoms with Crippen LogP contribution in [0.4, 0.5) is 10.5 Å². The Morgan fingerprint density at radius 2 is 1.79 bits per heavy atom. The number of benzene rings is 3. The summed E-state index contributed by atoms with van der Waals surface area (Å²) in [5.74, 6) is -0.361. The molecule has 0 saturated carbocycles. The zero-order valence-corrected chi connectivity index (χ0v) is 24.2. The van der Waals surface area contributed by atoms with Gasteiger partial charge in [0.25, 0.3) is 0 Å². The van der Waals surface area contributed by atoms with Crippen molar-refractivity contribution in [2.24, 2.45) is 0 Å². The van der Waals surface area contributed by atoms with Crippen LogP contribution in [-0.4, -0.2) is 49.5 Å². The summed E-state index contributed by atoms with van der Waals surface area (Å²) in [6.07, 6.45) is 4.38. The molecule has 0 aliphatic carbocycles. The Morgan fingerprint density at radius 3 is 2.51 bits per heavy atom. The molecule has 2 N–H and O–H groups in total. The summed E-state index contributed by atoms with van der Waals surface area (Å²) in [6.45, 7) is 0. The molecular formula is C30H24Cl2N8O3. The SMILES string of the molecule is COC(=O)Nc1ccc(-c2cc(C(Cc3ccccc3)NC(=O)/C=C/c3cc(Cl)ccc3-n3cnnn3)nnc2Cl)cc1. The second kappa shape index (κ2) is 13.7. The van der Waals surface area contributed by atoms with Crippen molar-refractivity contribution < 1.29 is 14.3 Å². The Bertz CT molecular complexity index is 1750. The number of carbonyl (C=O) groups excluding carboxylic acids is 2. The van der Waals surface area contributed by atoms with E-state index in [9.17, 15) is 9.59 Å². The van der Waals surface area contributed by atoms with Crippen molar-refractivity contribution in [1.29, 1.82) is 0 Å². The Labute approximate surface area is 256 Å². The summed E-state index contributed by atoms with van der Waals surface area (Å²) < 4.78 is 6.12. The molecule has 0 saturated heterocycles. The van der Waals surface area contributed by atoms with E-state index >= 15 is 0 Å². The van der Waals surface area contributed by atoms with E-state index in [0.29, 0.717) is 39.6 Å². The Kier molecular flexibility index (Phi) is 9.35. The average molecular weight is 615 g/mol. The highest BCUT2D eigenvalue weighted by molar-refractivity contribution is 6.32. The molecule has 2 amide bonds. The maximum Gasteiger partial charge on any atom is 0.411 e. The zero-order chi connectivity index (χ0) is 30.2. The molecule has 0 spiro atoms. The van der Waals surface area contributed by atoms with Gasteiger partial charge in [-0.3, -0.25) is 10.1 Å². The van der Waals surface area contributed by atoms with Crippen LogP contribution in [0.5, 0.6) is 0 Å². The molecule has 0 radical (unpaired) electrons. The molecule has 5 rings (SSSR count). The van der Waals surface area contributed by atoms with Crippen LogP contribution in [0, 0.1) is 0 Å². The van der Waals surface area contributed by atoms with Crippen LogP contribution in [0.3, 0.4) is 0 Å². The minimum Gasteiger partial charge on any atom is -0.453 e. The molecule has 2 heterocycles. The van der Waals surface area contributed by atoms with Gasteiger partial charge < -0.3 is 10.1 Å². The molecule has 1 atom stereocenters. The fraction of sp³-hybridized carbons (Fsp3) is 0.100. The monoisotopic (exact) mass is 614 g/mol. The average Bonchev–Trinajstić information content (AvgIpc) is 3.56. The van der Waals surface area contributed by atoms with Crippen molar-refractivity contribution in [3.8, 4) is 16.8 Å². The third kappa shape index (κ3) is 7.59. The first kappa shape index (κ1) is 29.4. The van der Waals surface area contributed by atoms with Gasteiger partial charge in [0.2, 0.25) is 5.91 Å². The van der Waals surface area contributed by atoms with Gasteiger partial charge in [0.15, 0.2) is 5.15 Å². The number of halogens is 2. The summed E-state index contributed by atoms with van der Waals surface area (Å²) in [5.41, 5.74) is 4.72. The number of nitrogens with one attached hydrogen (secondary N) is 2. The van der Waals surface area contributed by atoms with E-state index < -0.39 is 12.1 Å². The highest BCUT2D eigenvalue weighted by Gasteiger charge is 2.19. The second-order valence-corrected chi connectivity index (χ2v) is 10.0. The Hall–Kier alpha value is -5.13. The van der Waals surface area contributed by atoms with Gasteiger partial charge in [-0.15, -0.1) is 10.2 Å². The van der Waals surface area contributed by atoms with Crippen LogP contribution in [-0.2, 0) is 16.0 Å². The van der Waals surface area contributed by atoms with Gasteiger partial charge in [0.1, 0.15) is 6.33 Å². The molecule has 0 bridgehead atoms. The minimum atomic E-state index is -0.575. The van der Waals surface area contributed by atoms with Crippen LogP contribution in [0.1, 0.15) is 22.9 Å². The number of hydrogen-bond donors (Lipinski definition) is 2. The number of rotatable bonds is 9. The van der Waals surface area contributed by atoms with Crippen molar-refractivity contribution in [3.63, 3.8) is 0 Å². The lowest BCUT2D eigenvalue weighted by molar-refractivity contribution is -0.117. The van der Waals surface area contributed by atoms with Crippen molar-refractivity contribution in [3.05, 3.63) is 118 Å². The first-order valence-electron chi connectivity index (χ1n) is 12.9. The van der Waals surface area contributed by atoms with Crippen molar-refractivity contribution in [1.82, 2.24) is 35.7 Å². The highest BCUT2D eigenvalue weighted by atomic mass is 35.5. The molecule has 43 heavy (non-hydrogen) atoms. The third-order valence-electron chi connectivity index (χ3n) is 6.35. The number of aromatic nitrogens is 6. The van der Waals surface area contributed by atoms with Gasteiger partial charge in [0, 0.05) is 27.9 Å². The number of tetrazole rings is 1. The lowest BCUT2D eigenvalue weighted by Gasteiger charge is -2.18. The molecule has 216 valence electrons. The van der Waals surface area contributed by atoms with Crippen molar-refractivity contribution >= 4 is 47.0 Å². The fourth-order valence-electron chi connectivity index (χ4n) is 4.27. The number of ether oxygens (including phenoxy) is 1. The minimum absolute atomic E-state index is 0.193. The Balaban J connectivity index is 1.42. The van der Waals surface area contributed by atoms with Gasteiger partial charge >= 0.3 is 6.09 Å². The number of amides is 2. The Morgan fingerprint density at radius 1 is 1.00 bits per heavy atom. The number of nitrogens with zero attached hydrogens (tertiary/aromatic N) is 6. The predicted molar refractivity (Wildman–Crippen MR) is 163 cm³/mol. The van der Waals surface area contributed by atoms with Gasteiger partial charge in [0.05, 0.1) is 24.5 Å². The van der Waals surface area contributed by atoms with Crippen molar-refractivity contribution in [2.45, 2.75) is 12.5 Å². The number of methoxy groups -OCH3 is 1. The van der Waals surface area contributed by atoms with E-state index in [1.165, 1.54) is 24.2 Å². The van der Waals surface area contributed by atoms with Crippen LogP contribution in [0.2, 0.25) is 10.2 Å². The maximum atomic E-state index is 13.2. The summed E-state index contributed by atoms with van der Waals surface area (Å²) in [4.78, 5) is 24.8. The van der Waals surface area contributed by atoms with E-state index in [1.54, 1.807) is 54.6 Å². The third-order valence-corrected chi connectivity index (χ3v) is 6.87. The molecule has 0 fully saturated rings. The highest BCUT2D eigenvalue weighted by Crippen LogP contribution is 2.30. The molecular weight excluding hydrogens is 591 g/mol. The summed E-state index contributed by atoms with van der Waals surface area (Å²) in [7, 11) is 1.29. The molecule has 5 aromatic rings. The van der Waals surface area contributed by atoms with Crippen molar-refractivity contribution in [2.75, 3.05) is 12.4 Å². The largest absolute Gasteiger partial charge is 0.453 e. The molecule has 0 aliphatic rings. The van der Waals surface area contributed by atoms with E-state index in [4.69, 9.17) is 23.2 Å². The first-order valence-corrected chi connectivity index (χ1v) is 13.7. The van der Waals surface area contributed by atoms with E-state index in [0.717, 1.165) is 11.1 Å². The zero-order valence-electron chi connectivity index (χ0n) is 22.7. The lowest BCUT2D eigenvalue weighted by atomic mass is 10.00. The van der Waals surface area contributed by atoms with E-state index in [-0.39, 0.29) is 11.1 Å². The van der Waals surface area contributed by atoms with Crippen LogP contribution in [0.15, 0.2) is 91.3 Å². The number of anilines is 1. The van der Waals surface area contributed by atoms with E-state index in [2.05, 4.69) is 41.1 Å². The van der Waals surface area contributed by atoms with Gasteiger partial charge in [-0.1, -0.05) is 65.7 Å². The normalized spacial score (nSPS) is 11.7. The van der Waals surface area contributed by atoms with Crippen LogP contribution >= 0.6 is 23.2 Å². The summed E-state index contributed by atoms with van der Waals surface area (Å²) in [5, 5.41) is 26.1. The first-order chi connectivity index (χ1) is 20.9. The molecule has 13 heteroatoms. The summed E-state index contributed by atoms with van der Waals surface area (Å²) in [6, 6.07) is 23.2. The quantitative estimate of drug-likeness (QED) is 0.201. The van der Waals surface area contributed by atoms with Gasteiger partial charge in [-0.05, 0) is 70.4 Å². The number of hydrogen-bond acceptors (Lipinski definition) is 8. The maximum absolute atomic E-state index is 13.2. The lowest BCUT2D eigenvalue weighted by Crippen LogP contribution is -2.29. The smallest absolute Gasteiger partial charge is 0.411 e. The second-order valence-electron chi connectivity index (χ2n) is 9.21.